The first-order valence-corrected chi connectivity index (χ1v) is 8.34. The van der Waals surface area contributed by atoms with Gasteiger partial charge in [0.15, 0.2) is 11.6 Å². The number of carbonyl (C=O) groups excluding carboxylic acids is 2. The van der Waals surface area contributed by atoms with Gasteiger partial charge in [-0.2, -0.15) is 0 Å². The summed E-state index contributed by atoms with van der Waals surface area (Å²) in [6.45, 7) is 2.39. The lowest BCUT2D eigenvalue weighted by Gasteiger charge is -2.17. The minimum absolute atomic E-state index is 0.0244. The third-order valence-corrected chi connectivity index (χ3v) is 3.72. The van der Waals surface area contributed by atoms with Crippen LogP contribution in [0.4, 0.5) is 23.0 Å². The maximum Gasteiger partial charge on any atom is 0.337 e. The number of aromatic nitrogens is 2. The number of benzene rings is 1. The van der Waals surface area contributed by atoms with E-state index in [9.17, 15) is 9.59 Å². The minimum atomic E-state index is -0.597. The minimum Gasteiger partial charge on any atom is -0.465 e. The van der Waals surface area contributed by atoms with Crippen LogP contribution in [0.3, 0.4) is 0 Å². The number of hydrogen-bond donors (Lipinski definition) is 3. The van der Waals surface area contributed by atoms with E-state index in [0.29, 0.717) is 23.9 Å². The van der Waals surface area contributed by atoms with E-state index in [-0.39, 0.29) is 22.9 Å². The summed E-state index contributed by atoms with van der Waals surface area (Å²) in [5, 5.41) is 6.12. The third-order valence-electron chi connectivity index (χ3n) is 3.72. The molecule has 1 heterocycles. The maximum atomic E-state index is 11.9. The smallest absolute Gasteiger partial charge is 0.337 e. The van der Waals surface area contributed by atoms with E-state index >= 15 is 0 Å². The highest BCUT2D eigenvalue weighted by molar-refractivity contribution is 5.97. The summed E-state index contributed by atoms with van der Waals surface area (Å²) >= 11 is 0. The van der Waals surface area contributed by atoms with E-state index in [0.717, 1.165) is 0 Å². The highest BCUT2D eigenvalue weighted by atomic mass is 16.5. The molecule has 0 spiro atoms. The average Bonchev–Trinajstić information content (AvgIpc) is 2.69. The van der Waals surface area contributed by atoms with Crippen molar-refractivity contribution < 1.29 is 23.8 Å². The van der Waals surface area contributed by atoms with E-state index in [2.05, 4.69) is 20.6 Å². The van der Waals surface area contributed by atoms with E-state index in [4.69, 9.17) is 19.9 Å². The van der Waals surface area contributed by atoms with Gasteiger partial charge in [-0.25, -0.2) is 19.6 Å². The Morgan fingerprint density at radius 3 is 2.14 bits per heavy atom. The normalized spacial score (nSPS) is 11.4. The van der Waals surface area contributed by atoms with Crippen LogP contribution in [0.5, 0.6) is 0 Å². The van der Waals surface area contributed by atoms with Gasteiger partial charge in [0.25, 0.3) is 0 Å². The van der Waals surface area contributed by atoms with Gasteiger partial charge in [0, 0.05) is 18.8 Å². The molecule has 2 rings (SSSR count). The summed E-state index contributed by atoms with van der Waals surface area (Å²) in [5.41, 5.74) is 7.18. The zero-order valence-corrected chi connectivity index (χ0v) is 16.1. The molecule has 10 heteroatoms. The zero-order valence-electron chi connectivity index (χ0n) is 16.1. The summed E-state index contributed by atoms with van der Waals surface area (Å²) < 4.78 is 14.5. The predicted molar refractivity (Wildman–Crippen MR) is 104 cm³/mol. The second kappa shape index (κ2) is 9.51. The van der Waals surface area contributed by atoms with Crippen molar-refractivity contribution in [1.82, 2.24) is 9.97 Å². The highest BCUT2D eigenvalue weighted by Gasteiger charge is 2.16. The predicted octanol–water partition coefficient (Wildman–Crippen LogP) is 1.82. The molecule has 4 N–H and O–H groups in total. The Morgan fingerprint density at radius 2 is 1.61 bits per heavy atom. The summed E-state index contributed by atoms with van der Waals surface area (Å²) in [7, 11) is 4.10. The Labute approximate surface area is 162 Å². The number of methoxy groups -OCH3 is 3. The average molecular weight is 389 g/mol. The summed E-state index contributed by atoms with van der Waals surface area (Å²) in [6.07, 6.45) is 1.34. The summed E-state index contributed by atoms with van der Waals surface area (Å²) in [6, 6.07) is 4.38. The van der Waals surface area contributed by atoms with E-state index in [1.165, 1.54) is 38.7 Å². The van der Waals surface area contributed by atoms with Crippen molar-refractivity contribution in [2.45, 2.75) is 13.0 Å². The molecule has 1 aromatic carbocycles. The number of nitrogens with one attached hydrogen (secondary N) is 2. The van der Waals surface area contributed by atoms with Crippen molar-refractivity contribution in [2.24, 2.45) is 0 Å². The number of rotatable bonds is 8. The summed E-state index contributed by atoms with van der Waals surface area (Å²) in [4.78, 5) is 32.1. The van der Waals surface area contributed by atoms with Crippen LogP contribution in [0.25, 0.3) is 0 Å². The van der Waals surface area contributed by atoms with Crippen LogP contribution < -0.4 is 16.4 Å². The second-order valence-electron chi connectivity index (χ2n) is 5.89. The standard InChI is InChI=1S/C18H23N5O5/c1-10(8-26-2)22-15-14(19)16(21-9-20-15)23-13-6-11(17(24)27-3)5-12(7-13)18(25)28-4/h5-7,9-10H,8,19H2,1-4H3,(H2,20,21,22,23). The Balaban J connectivity index is 2.36. The quantitative estimate of drug-likeness (QED) is 0.573. The van der Waals surface area contributed by atoms with Gasteiger partial charge in [-0.3, -0.25) is 0 Å². The number of esters is 2. The van der Waals surface area contributed by atoms with Crippen LogP contribution in [0.1, 0.15) is 27.6 Å². The van der Waals surface area contributed by atoms with Crippen LogP contribution in [0, 0.1) is 0 Å². The molecule has 28 heavy (non-hydrogen) atoms. The van der Waals surface area contributed by atoms with Crippen LogP contribution in [0.2, 0.25) is 0 Å². The van der Waals surface area contributed by atoms with Gasteiger partial charge >= 0.3 is 11.9 Å². The molecule has 0 amide bonds. The van der Waals surface area contributed by atoms with Crippen LogP contribution >= 0.6 is 0 Å². The molecule has 0 aliphatic rings. The lowest BCUT2D eigenvalue weighted by molar-refractivity contribution is 0.0599. The largest absolute Gasteiger partial charge is 0.465 e. The molecule has 0 aliphatic carbocycles. The fourth-order valence-corrected chi connectivity index (χ4v) is 2.44. The number of nitrogens with two attached hydrogens (primary N) is 1. The molecular formula is C18H23N5O5. The molecule has 1 atom stereocenters. The topological polar surface area (TPSA) is 138 Å². The van der Waals surface area contributed by atoms with E-state index < -0.39 is 11.9 Å². The Bertz CT molecular complexity index is 824. The first-order chi connectivity index (χ1) is 13.4. The summed E-state index contributed by atoms with van der Waals surface area (Å²) in [5.74, 6) is -0.459. The van der Waals surface area contributed by atoms with Crippen LogP contribution in [-0.2, 0) is 14.2 Å². The molecule has 1 aromatic heterocycles. The number of nitrogen functional groups attached to an aromatic ring is 1. The first kappa shape index (κ1) is 20.9. The fraction of sp³-hybridized carbons (Fsp3) is 0.333. The molecule has 10 nitrogen and oxygen atoms in total. The van der Waals surface area contributed by atoms with Crippen molar-refractivity contribution in [3.05, 3.63) is 35.7 Å². The number of anilines is 4. The molecule has 0 saturated heterocycles. The van der Waals surface area contributed by atoms with Crippen molar-refractivity contribution in [1.29, 1.82) is 0 Å². The molecule has 0 aliphatic heterocycles. The molecular weight excluding hydrogens is 366 g/mol. The lowest BCUT2D eigenvalue weighted by Crippen LogP contribution is -2.22. The molecule has 0 bridgehead atoms. The Hall–Kier alpha value is -3.40. The maximum absolute atomic E-state index is 11.9. The second-order valence-corrected chi connectivity index (χ2v) is 5.89. The van der Waals surface area contributed by atoms with Crippen molar-refractivity contribution in [3.63, 3.8) is 0 Å². The van der Waals surface area contributed by atoms with Crippen molar-refractivity contribution >= 4 is 34.9 Å². The van der Waals surface area contributed by atoms with Crippen molar-refractivity contribution in [3.8, 4) is 0 Å². The van der Waals surface area contributed by atoms with Gasteiger partial charge < -0.3 is 30.6 Å². The monoisotopic (exact) mass is 389 g/mol. The van der Waals surface area contributed by atoms with Gasteiger partial charge in [-0.15, -0.1) is 0 Å². The third kappa shape index (κ3) is 5.07. The van der Waals surface area contributed by atoms with E-state index in [1.54, 1.807) is 7.11 Å². The number of hydrogen-bond acceptors (Lipinski definition) is 10. The van der Waals surface area contributed by atoms with Gasteiger partial charge in [-0.1, -0.05) is 0 Å². The molecule has 1 unspecified atom stereocenters. The fourth-order valence-electron chi connectivity index (χ4n) is 2.44. The zero-order chi connectivity index (χ0) is 20.7. The van der Waals surface area contributed by atoms with Gasteiger partial charge in [0.1, 0.15) is 12.0 Å². The molecule has 150 valence electrons. The number of nitrogens with zero attached hydrogens (tertiary/aromatic N) is 2. The number of ether oxygens (including phenoxy) is 3. The van der Waals surface area contributed by atoms with Gasteiger partial charge in [0.05, 0.1) is 32.0 Å². The SMILES string of the molecule is COCC(C)Nc1ncnc(Nc2cc(C(=O)OC)cc(C(=O)OC)c2)c1N. The Kier molecular flexibility index (Phi) is 7.10. The lowest BCUT2D eigenvalue weighted by atomic mass is 10.1. The van der Waals surface area contributed by atoms with Crippen LogP contribution in [-0.4, -0.2) is 55.9 Å². The van der Waals surface area contributed by atoms with Crippen LogP contribution in [0.15, 0.2) is 24.5 Å². The molecule has 0 radical (unpaired) electrons. The molecule has 2 aromatic rings. The molecule has 0 fully saturated rings. The van der Waals surface area contributed by atoms with E-state index in [1.807, 2.05) is 6.92 Å². The first-order valence-electron chi connectivity index (χ1n) is 8.34. The highest BCUT2D eigenvalue weighted by Crippen LogP contribution is 2.27. The van der Waals surface area contributed by atoms with Gasteiger partial charge in [-0.05, 0) is 25.1 Å². The van der Waals surface area contributed by atoms with Gasteiger partial charge in [0.2, 0.25) is 0 Å². The Morgan fingerprint density at radius 1 is 1.04 bits per heavy atom. The van der Waals surface area contributed by atoms with Crippen molar-refractivity contribution in [2.75, 3.05) is 44.3 Å². The molecule has 0 saturated carbocycles. The number of carbonyl (C=O) groups is 2.